The molecule has 1 unspecified atom stereocenters. The van der Waals surface area contributed by atoms with Gasteiger partial charge in [-0.05, 0) is 267 Å². The highest BCUT2D eigenvalue weighted by molar-refractivity contribution is 7.20. The molecule has 0 radical (unpaired) electrons. The molecule has 144 heavy (non-hydrogen) atoms. The summed E-state index contributed by atoms with van der Waals surface area (Å²) in [6.07, 6.45) is 54.2. The van der Waals surface area contributed by atoms with E-state index < -0.39 is 0 Å². The molecule has 0 aliphatic heterocycles. The normalized spacial score (nSPS) is 13.4. The van der Waals surface area contributed by atoms with E-state index in [1.165, 1.54) is 176 Å². The number of rotatable bonds is 28. The van der Waals surface area contributed by atoms with Crippen LogP contribution in [-0.4, -0.2) is 0 Å². The summed E-state index contributed by atoms with van der Waals surface area (Å²) in [4.78, 5) is 8.33. The minimum Gasteiger partial charge on any atom is -0.321 e. The van der Waals surface area contributed by atoms with Gasteiger partial charge in [-0.1, -0.05) is 460 Å². The van der Waals surface area contributed by atoms with Gasteiger partial charge >= 0.3 is 0 Å². The van der Waals surface area contributed by atoms with Crippen LogP contribution in [0.25, 0.3) is 123 Å². The Morgan fingerprint density at radius 3 is 1.30 bits per heavy atom. The van der Waals surface area contributed by atoms with E-state index >= 15 is 0 Å². The average Bonchev–Trinajstić information content (AvgIpc) is 1.57. The van der Waals surface area contributed by atoms with Gasteiger partial charge in [-0.15, -0.1) is 31.1 Å². The Morgan fingerprint density at radius 1 is 0.375 bits per heavy atom. The maximum atomic E-state index is 4.16. The van der Waals surface area contributed by atoms with Crippen molar-refractivity contribution in [2.75, 3.05) is 14.7 Å². The van der Waals surface area contributed by atoms with Crippen LogP contribution < -0.4 is 25.1 Å². The zero-order chi connectivity index (χ0) is 101. The number of hydrogen-bond donors (Lipinski definition) is 0. The van der Waals surface area contributed by atoms with Crippen LogP contribution in [0.1, 0.15) is 143 Å². The van der Waals surface area contributed by atoms with Crippen molar-refractivity contribution in [2.45, 2.75) is 118 Å². The van der Waals surface area contributed by atoms with Crippen LogP contribution in [0, 0.1) is 6.92 Å². The first-order valence-corrected chi connectivity index (χ1v) is 51.2. The maximum Gasteiger partial charge on any atom is 0.0461 e. The van der Waals surface area contributed by atoms with Crippen molar-refractivity contribution in [2.24, 2.45) is 0 Å². The standard InChI is InChI=1S/C46H43NS.C40H35N.C36H31N.2C9H12/c1-6-19-41-34(5)48-46-43(41)27-17-28-44(46)42-30-29-39(32-45(42)38-23-13-10-14-24-38)47(33(4)40-26-16-15-20-36(40)8-3)31-18-25-35(7-2)37-21-11-9-12-22-37;1-4-25-41(31-22-24-36-35-18-10-11-20-38(35)40(2,3)39(36)27-31)30-21-23-34(37(26-30)29-13-6-5-7-14-29)33-19-12-16-28-15-8-9-17-32(28)33;1-4-23-37(29-20-22-32-31-17-11-12-18-34(31)36(2,3)35(32)25-29)28-19-21-30(26-13-7-5-8-14-26)33(24-28)27-15-9-6-10-16-27;2*1-3-5-7-9-8-6-4-2/h6-24,26-32,35H,2,25H2,1,3-5H3;4-7,9-14,16-27H,8,15H2,1-3H3;4-25H,1-3H3;2*3-5,7-9H,1-2,6H2/b19-6-,31-18+,36-8-,40-33+;25-4+;23-4+;2*7-5-,9-8+. The molecule has 0 spiro atoms. The fourth-order valence-corrected chi connectivity index (χ4v) is 21.1. The second-order valence-corrected chi connectivity index (χ2v) is 38.3. The van der Waals surface area contributed by atoms with Crippen LogP contribution in [0.15, 0.2) is 513 Å². The zero-order valence-electron chi connectivity index (χ0n) is 85.2. The van der Waals surface area contributed by atoms with Crippen molar-refractivity contribution in [1.82, 2.24) is 0 Å². The number of aryl methyl sites for hydroxylation is 2. The number of allylic oxidation sites excluding steroid dienone is 18. The van der Waals surface area contributed by atoms with E-state index in [1.807, 2.05) is 72.1 Å². The third-order valence-corrected chi connectivity index (χ3v) is 28.3. The van der Waals surface area contributed by atoms with Gasteiger partial charge in [0.1, 0.15) is 0 Å². The van der Waals surface area contributed by atoms with E-state index in [1.54, 1.807) is 12.2 Å². The van der Waals surface area contributed by atoms with Gasteiger partial charge < -0.3 is 14.7 Å². The fourth-order valence-electron chi connectivity index (χ4n) is 19.9. The molecule has 3 aliphatic carbocycles. The molecule has 1 atom stereocenters. The van der Waals surface area contributed by atoms with Gasteiger partial charge in [0, 0.05) is 95.2 Å². The molecule has 3 aliphatic rings. The van der Waals surface area contributed by atoms with E-state index in [4.69, 9.17) is 0 Å². The smallest absolute Gasteiger partial charge is 0.0461 e. The molecule has 0 fully saturated rings. The highest BCUT2D eigenvalue weighted by Crippen LogP contribution is 2.54. The summed E-state index contributed by atoms with van der Waals surface area (Å²) in [6, 6.07) is 128. The molecule has 16 aromatic rings. The summed E-state index contributed by atoms with van der Waals surface area (Å²) in [7, 11) is 0. The van der Waals surface area contributed by atoms with E-state index in [-0.39, 0.29) is 16.7 Å². The fraction of sp³-hybridized carbons (Fsp3) is 0.129. The van der Waals surface area contributed by atoms with Crippen molar-refractivity contribution in [3.8, 4) is 89.0 Å². The second-order valence-electron chi connectivity index (χ2n) is 37.1. The lowest BCUT2D eigenvalue weighted by atomic mass is 9.82. The molecule has 714 valence electrons. The quantitative estimate of drug-likeness (QED) is 0.0357. The molecule has 3 nitrogen and oxygen atoms in total. The third kappa shape index (κ3) is 23.6. The van der Waals surface area contributed by atoms with Crippen molar-refractivity contribution in [1.29, 1.82) is 0 Å². The highest BCUT2D eigenvalue weighted by Gasteiger charge is 2.38. The Labute approximate surface area is 861 Å². The number of fused-ring (bicyclic) bond motifs is 8. The largest absolute Gasteiger partial charge is 0.321 e. The van der Waals surface area contributed by atoms with Crippen LogP contribution >= 0.6 is 11.3 Å². The van der Waals surface area contributed by atoms with Crippen LogP contribution in [-0.2, 0) is 17.3 Å². The van der Waals surface area contributed by atoms with Crippen molar-refractivity contribution < 1.29 is 0 Å². The summed E-state index contributed by atoms with van der Waals surface area (Å²) in [5, 5.41) is 3.75. The van der Waals surface area contributed by atoms with Gasteiger partial charge in [-0.2, -0.15) is 0 Å². The van der Waals surface area contributed by atoms with Crippen LogP contribution in [0.5, 0.6) is 0 Å². The third-order valence-electron chi connectivity index (χ3n) is 27.2. The Morgan fingerprint density at radius 2 is 0.799 bits per heavy atom. The monoisotopic (exact) mass is 1890 g/mol. The van der Waals surface area contributed by atoms with Gasteiger partial charge in [0.25, 0.3) is 0 Å². The topological polar surface area (TPSA) is 9.72 Å². The van der Waals surface area contributed by atoms with Gasteiger partial charge in [0.05, 0.1) is 0 Å². The maximum absolute atomic E-state index is 4.16. The van der Waals surface area contributed by atoms with Crippen LogP contribution in [0.2, 0.25) is 0 Å². The molecule has 1 heterocycles. The number of hydrogen-bond acceptors (Lipinski definition) is 4. The molecule has 0 bridgehead atoms. The van der Waals surface area contributed by atoms with Crippen LogP contribution in [0.4, 0.5) is 28.4 Å². The first-order valence-electron chi connectivity index (χ1n) is 50.4. The van der Waals surface area contributed by atoms with E-state index in [9.17, 15) is 0 Å². The molecule has 19 rings (SSSR count). The predicted molar refractivity (Wildman–Crippen MR) is 633 cm³/mol. The Balaban J connectivity index is 0.000000150. The summed E-state index contributed by atoms with van der Waals surface area (Å²) >= 11 is 1.89. The number of anilines is 5. The van der Waals surface area contributed by atoms with Crippen LogP contribution in [0.3, 0.4) is 0 Å². The number of nitrogens with zero attached hydrogens (tertiary/aromatic N) is 3. The first kappa shape index (κ1) is 102. The van der Waals surface area contributed by atoms with Crippen molar-refractivity contribution >= 4 is 73.8 Å². The summed E-state index contributed by atoms with van der Waals surface area (Å²) < 4.78 is 1.33. The molecule has 0 N–H and O–H groups in total. The highest BCUT2D eigenvalue weighted by atomic mass is 32.1. The van der Waals surface area contributed by atoms with E-state index in [0.717, 1.165) is 49.2 Å². The molecule has 0 saturated heterocycles. The summed E-state index contributed by atoms with van der Waals surface area (Å²) in [5.74, 6) is 0.241. The SMILES string of the molecule is C/C=C/N(c1ccc(-c2cccc3c2C=CCC3)c(-c2ccccc2)c1)c1ccc2c(c1)C(C)(C)c1ccccc1-2.C/C=C/N(c1ccc(-c2ccccc2)c(-c2ccccc2)c1)c1ccc2c(c1)C(C)(C)c1ccccc1-2.C=C/C=C\C=C\CC=C.C=C/C=C\C=C\CC=C.C=CC(C/C=C/N(/C(C)=c1\cccc\c1=C\C)c1ccc(-c2cccc3c(/C=C\C)c(C)sc23)c(-c2ccccc2)c1)c1ccccc1. The lowest BCUT2D eigenvalue weighted by Gasteiger charge is -2.26. The minimum absolute atomic E-state index is 0.0318. The van der Waals surface area contributed by atoms with Gasteiger partial charge in [0.15, 0.2) is 0 Å². The summed E-state index contributed by atoms with van der Waals surface area (Å²) in [6.45, 7) is 40.6. The van der Waals surface area contributed by atoms with Gasteiger partial charge in [-0.25, -0.2) is 0 Å². The Kier molecular flexibility index (Phi) is 35.3. The lowest BCUT2D eigenvalue weighted by Crippen LogP contribution is -2.31. The van der Waals surface area contributed by atoms with Gasteiger partial charge in [-0.3, -0.25) is 0 Å². The first-order chi connectivity index (χ1) is 70.5. The zero-order valence-corrected chi connectivity index (χ0v) is 86.1. The predicted octanol–water partition coefficient (Wildman–Crippen LogP) is 38.6. The van der Waals surface area contributed by atoms with E-state index in [0.29, 0.717) is 0 Å². The van der Waals surface area contributed by atoms with Gasteiger partial charge in [0.2, 0.25) is 0 Å². The second kappa shape index (κ2) is 49.7. The molecular weight excluding hydrogens is 1760 g/mol. The molecule has 15 aromatic carbocycles. The summed E-state index contributed by atoms with van der Waals surface area (Å²) in [5.41, 5.74) is 38.1. The molecule has 1 aromatic heterocycles. The molecule has 0 amide bonds. The average molecular weight is 1890 g/mol. The van der Waals surface area contributed by atoms with E-state index in [2.05, 4.69) is 542 Å². The number of thiophene rings is 1. The van der Waals surface area contributed by atoms with Crippen molar-refractivity contribution in [3.63, 3.8) is 0 Å². The molecular formula is C140H133N3S. The molecule has 4 heteroatoms. The number of benzene rings is 15. The Hall–Kier alpha value is -16.2. The lowest BCUT2D eigenvalue weighted by molar-refractivity contribution is 0.660. The minimum atomic E-state index is -0.0392. The Bertz CT molecular complexity index is 7590. The molecule has 0 saturated carbocycles. The van der Waals surface area contributed by atoms with Crippen molar-refractivity contribution in [3.05, 3.63) is 573 Å².